The number of carbonyl (C=O) groups is 1. The molecule has 1 amide bonds. The lowest BCUT2D eigenvalue weighted by Gasteiger charge is -2.26. The van der Waals surface area contributed by atoms with Gasteiger partial charge in [-0.1, -0.05) is 24.6 Å². The molecule has 1 aliphatic rings. The van der Waals surface area contributed by atoms with Gasteiger partial charge in [-0.3, -0.25) is 4.79 Å². The van der Waals surface area contributed by atoms with Gasteiger partial charge >= 0.3 is 0 Å². The molecule has 0 N–H and O–H groups in total. The summed E-state index contributed by atoms with van der Waals surface area (Å²) in [6.07, 6.45) is 2.83. The van der Waals surface area contributed by atoms with Crippen molar-refractivity contribution in [1.82, 2.24) is 9.21 Å². The van der Waals surface area contributed by atoms with E-state index in [1.165, 1.54) is 10.4 Å². The molecule has 7 heteroatoms. The molecule has 0 saturated carbocycles. The first kappa shape index (κ1) is 22.3. The van der Waals surface area contributed by atoms with Crippen LogP contribution in [0.1, 0.15) is 42.1 Å². The minimum Gasteiger partial charge on any atom is -0.378 e. The molecule has 1 heterocycles. The van der Waals surface area contributed by atoms with Crippen molar-refractivity contribution in [1.29, 1.82) is 0 Å². The quantitative estimate of drug-likeness (QED) is 0.675. The third-order valence-corrected chi connectivity index (χ3v) is 7.42. The average molecular weight is 430 g/mol. The fourth-order valence-electron chi connectivity index (χ4n) is 3.67. The molecule has 0 aromatic heterocycles. The SMILES string of the molecule is CCN(Cc1ccc(N(C)C)cc1)C(=O)c1cccc(S(=O)(=O)N2CCCCC2)c1. The molecule has 2 aromatic rings. The molecule has 0 bridgehead atoms. The van der Waals surface area contributed by atoms with Crippen LogP contribution in [0.2, 0.25) is 0 Å². The minimum atomic E-state index is -3.56. The van der Waals surface area contributed by atoms with E-state index >= 15 is 0 Å². The van der Waals surface area contributed by atoms with Gasteiger partial charge in [0.2, 0.25) is 10.0 Å². The van der Waals surface area contributed by atoms with E-state index in [-0.39, 0.29) is 10.8 Å². The third-order valence-electron chi connectivity index (χ3n) is 5.53. The zero-order chi connectivity index (χ0) is 21.7. The summed E-state index contributed by atoms with van der Waals surface area (Å²) in [6.45, 7) is 4.04. The second-order valence-corrected chi connectivity index (χ2v) is 9.81. The molecule has 0 radical (unpaired) electrons. The summed E-state index contributed by atoms with van der Waals surface area (Å²) in [7, 11) is 0.411. The number of rotatable bonds is 7. The van der Waals surface area contributed by atoms with Crippen LogP contribution in [0, 0.1) is 0 Å². The lowest BCUT2D eigenvalue weighted by atomic mass is 10.1. The molecule has 0 spiro atoms. The van der Waals surface area contributed by atoms with E-state index in [4.69, 9.17) is 0 Å². The van der Waals surface area contributed by atoms with Crippen molar-refractivity contribution in [3.8, 4) is 0 Å². The smallest absolute Gasteiger partial charge is 0.254 e. The summed E-state index contributed by atoms with van der Waals surface area (Å²) in [5.41, 5.74) is 2.54. The fraction of sp³-hybridized carbons (Fsp3) is 0.435. The summed E-state index contributed by atoms with van der Waals surface area (Å²) in [5, 5.41) is 0. The maximum Gasteiger partial charge on any atom is 0.254 e. The van der Waals surface area contributed by atoms with Gasteiger partial charge in [-0.2, -0.15) is 4.31 Å². The van der Waals surface area contributed by atoms with Crippen LogP contribution in [0.25, 0.3) is 0 Å². The van der Waals surface area contributed by atoms with Crippen molar-refractivity contribution < 1.29 is 13.2 Å². The van der Waals surface area contributed by atoms with E-state index in [1.807, 2.05) is 50.2 Å². The third kappa shape index (κ3) is 5.02. The number of amides is 1. The van der Waals surface area contributed by atoms with E-state index in [1.54, 1.807) is 23.1 Å². The van der Waals surface area contributed by atoms with Gasteiger partial charge in [-0.15, -0.1) is 0 Å². The monoisotopic (exact) mass is 429 g/mol. The summed E-state index contributed by atoms with van der Waals surface area (Å²) in [4.78, 5) is 17.1. The predicted octanol–water partition coefficient (Wildman–Crippen LogP) is 3.59. The summed E-state index contributed by atoms with van der Waals surface area (Å²) >= 11 is 0. The van der Waals surface area contributed by atoms with Crippen LogP contribution in [-0.4, -0.2) is 57.3 Å². The number of piperidine rings is 1. The van der Waals surface area contributed by atoms with E-state index in [2.05, 4.69) is 0 Å². The molecular weight excluding hydrogens is 398 g/mol. The van der Waals surface area contributed by atoms with Gasteiger partial charge in [0.25, 0.3) is 5.91 Å². The van der Waals surface area contributed by atoms with Crippen molar-refractivity contribution in [2.24, 2.45) is 0 Å². The molecule has 0 atom stereocenters. The van der Waals surface area contributed by atoms with E-state index in [0.29, 0.717) is 31.7 Å². The van der Waals surface area contributed by atoms with Gasteiger partial charge in [0, 0.05) is 51.5 Å². The second kappa shape index (κ2) is 9.62. The van der Waals surface area contributed by atoms with Gasteiger partial charge in [0.1, 0.15) is 0 Å². The molecule has 2 aromatic carbocycles. The molecule has 3 rings (SSSR count). The van der Waals surface area contributed by atoms with Crippen LogP contribution in [0.4, 0.5) is 5.69 Å². The second-order valence-electron chi connectivity index (χ2n) is 7.87. The Labute approximate surface area is 180 Å². The van der Waals surface area contributed by atoms with Crippen molar-refractivity contribution in [3.63, 3.8) is 0 Å². The maximum absolute atomic E-state index is 13.1. The van der Waals surface area contributed by atoms with Crippen molar-refractivity contribution in [3.05, 3.63) is 59.7 Å². The Morgan fingerprint density at radius 1 is 1.00 bits per heavy atom. The Morgan fingerprint density at radius 2 is 1.67 bits per heavy atom. The number of anilines is 1. The number of benzene rings is 2. The minimum absolute atomic E-state index is 0.162. The zero-order valence-electron chi connectivity index (χ0n) is 18.0. The number of sulfonamides is 1. The first-order chi connectivity index (χ1) is 14.3. The molecule has 0 aliphatic carbocycles. The van der Waals surface area contributed by atoms with E-state index < -0.39 is 10.0 Å². The van der Waals surface area contributed by atoms with Crippen LogP contribution in [0.5, 0.6) is 0 Å². The highest BCUT2D eigenvalue weighted by molar-refractivity contribution is 7.89. The average Bonchev–Trinajstić information content (AvgIpc) is 2.78. The van der Waals surface area contributed by atoms with Crippen molar-refractivity contribution in [2.75, 3.05) is 38.6 Å². The Bertz CT molecular complexity index is 965. The molecule has 30 heavy (non-hydrogen) atoms. The Morgan fingerprint density at radius 3 is 2.27 bits per heavy atom. The Balaban J connectivity index is 1.78. The van der Waals surface area contributed by atoms with Crippen LogP contribution in [-0.2, 0) is 16.6 Å². The van der Waals surface area contributed by atoms with Crippen LogP contribution in [0.15, 0.2) is 53.4 Å². The molecule has 162 valence electrons. The maximum atomic E-state index is 13.1. The fourth-order valence-corrected chi connectivity index (χ4v) is 5.24. The van der Waals surface area contributed by atoms with Gasteiger partial charge in [0.05, 0.1) is 4.90 Å². The first-order valence-corrected chi connectivity index (χ1v) is 11.9. The number of hydrogen-bond acceptors (Lipinski definition) is 4. The molecule has 6 nitrogen and oxygen atoms in total. The highest BCUT2D eigenvalue weighted by Gasteiger charge is 2.27. The molecular formula is C23H31N3O3S. The first-order valence-electron chi connectivity index (χ1n) is 10.5. The molecule has 1 aliphatic heterocycles. The Hall–Kier alpha value is -2.38. The topological polar surface area (TPSA) is 60.9 Å². The normalized spacial score (nSPS) is 15.0. The molecule has 0 unspecified atom stereocenters. The lowest BCUT2D eigenvalue weighted by Crippen LogP contribution is -2.36. The van der Waals surface area contributed by atoms with Crippen LogP contribution in [0.3, 0.4) is 0 Å². The molecule has 1 fully saturated rings. The number of nitrogens with zero attached hydrogens (tertiary/aromatic N) is 3. The zero-order valence-corrected chi connectivity index (χ0v) is 18.9. The summed E-state index contributed by atoms with van der Waals surface area (Å²) < 4.78 is 27.5. The van der Waals surface area contributed by atoms with Gasteiger partial charge in [-0.25, -0.2) is 8.42 Å². The summed E-state index contributed by atoms with van der Waals surface area (Å²) in [6, 6.07) is 14.5. The predicted molar refractivity (Wildman–Crippen MR) is 120 cm³/mol. The van der Waals surface area contributed by atoms with Crippen molar-refractivity contribution in [2.45, 2.75) is 37.6 Å². The largest absolute Gasteiger partial charge is 0.378 e. The Kier molecular flexibility index (Phi) is 7.15. The highest BCUT2D eigenvalue weighted by Crippen LogP contribution is 2.22. The standard InChI is InChI=1S/C23H31N3O3S/c1-4-25(18-19-11-13-21(14-12-19)24(2)3)23(27)20-9-8-10-22(17-20)30(28,29)26-15-6-5-7-16-26/h8-14,17H,4-7,15-16,18H2,1-3H3. The van der Waals surface area contributed by atoms with Gasteiger partial charge in [-0.05, 0) is 55.7 Å². The van der Waals surface area contributed by atoms with E-state index in [9.17, 15) is 13.2 Å². The van der Waals surface area contributed by atoms with Crippen LogP contribution >= 0.6 is 0 Å². The lowest BCUT2D eigenvalue weighted by molar-refractivity contribution is 0.0752. The number of hydrogen-bond donors (Lipinski definition) is 0. The summed E-state index contributed by atoms with van der Waals surface area (Å²) in [5.74, 6) is -0.162. The van der Waals surface area contributed by atoms with Crippen molar-refractivity contribution >= 4 is 21.6 Å². The highest BCUT2D eigenvalue weighted by atomic mass is 32.2. The number of carbonyl (C=O) groups excluding carboxylic acids is 1. The van der Waals surface area contributed by atoms with Crippen LogP contribution < -0.4 is 4.90 Å². The molecule has 1 saturated heterocycles. The van der Waals surface area contributed by atoms with E-state index in [0.717, 1.165) is 30.5 Å². The van der Waals surface area contributed by atoms with Gasteiger partial charge in [0.15, 0.2) is 0 Å². The van der Waals surface area contributed by atoms with Gasteiger partial charge < -0.3 is 9.80 Å².